The van der Waals surface area contributed by atoms with Gasteiger partial charge in [0, 0.05) is 29.5 Å². The molecule has 2 N–H and O–H groups in total. The molecule has 1 amide bonds. The van der Waals surface area contributed by atoms with Crippen LogP contribution in [0, 0.1) is 12.7 Å². The fourth-order valence-electron chi connectivity index (χ4n) is 3.71. The molecule has 0 spiro atoms. The molecule has 2 aromatic carbocycles. The Morgan fingerprint density at radius 2 is 2.03 bits per heavy atom. The van der Waals surface area contributed by atoms with Crippen molar-refractivity contribution in [2.75, 3.05) is 30.0 Å². The SMILES string of the molecule is CCCNC(=O)COc1cc(F)ccc1Nc1ncnc2cc(N=S3CCCC3)cc(C)c12. The Balaban J connectivity index is 1.61. The van der Waals surface area contributed by atoms with Gasteiger partial charge in [-0.05, 0) is 56.0 Å². The lowest BCUT2D eigenvalue weighted by Gasteiger charge is -2.15. The molecule has 9 heteroatoms. The van der Waals surface area contributed by atoms with Gasteiger partial charge in [-0.15, -0.1) is 0 Å². The molecular weight excluding hydrogens is 441 g/mol. The normalized spacial score (nSPS) is 13.8. The van der Waals surface area contributed by atoms with Crippen molar-refractivity contribution in [1.82, 2.24) is 15.3 Å². The number of amides is 1. The Kier molecular flexibility index (Phi) is 7.49. The summed E-state index contributed by atoms with van der Waals surface area (Å²) >= 11 is 0. The third-order valence-corrected chi connectivity index (χ3v) is 7.28. The van der Waals surface area contributed by atoms with Crippen LogP contribution < -0.4 is 15.4 Å². The van der Waals surface area contributed by atoms with Crippen molar-refractivity contribution in [1.29, 1.82) is 0 Å². The van der Waals surface area contributed by atoms with Crippen LogP contribution in [0.4, 0.5) is 21.6 Å². The number of rotatable bonds is 8. The van der Waals surface area contributed by atoms with Gasteiger partial charge < -0.3 is 15.4 Å². The van der Waals surface area contributed by atoms with Gasteiger partial charge in [0.25, 0.3) is 5.91 Å². The van der Waals surface area contributed by atoms with E-state index in [9.17, 15) is 9.18 Å². The number of hydrogen-bond acceptors (Lipinski definition) is 6. The molecule has 1 aliphatic rings. The Morgan fingerprint density at radius 1 is 1.21 bits per heavy atom. The molecule has 3 aromatic rings. The second kappa shape index (κ2) is 10.7. The Bertz CT molecular complexity index is 1190. The van der Waals surface area contributed by atoms with Crippen molar-refractivity contribution in [3.05, 3.63) is 48.0 Å². The van der Waals surface area contributed by atoms with Gasteiger partial charge in [0.2, 0.25) is 0 Å². The van der Waals surface area contributed by atoms with Crippen LogP contribution in [0.1, 0.15) is 31.7 Å². The van der Waals surface area contributed by atoms with Crippen LogP contribution >= 0.6 is 0 Å². The van der Waals surface area contributed by atoms with E-state index in [1.165, 1.54) is 31.3 Å². The van der Waals surface area contributed by atoms with Gasteiger partial charge in [-0.1, -0.05) is 17.6 Å². The van der Waals surface area contributed by atoms with Gasteiger partial charge in [0.1, 0.15) is 23.7 Å². The Labute approximate surface area is 195 Å². The summed E-state index contributed by atoms with van der Waals surface area (Å²) in [5, 5.41) is 6.84. The summed E-state index contributed by atoms with van der Waals surface area (Å²) < 4.78 is 24.4. The third-order valence-electron chi connectivity index (χ3n) is 5.29. The predicted octanol–water partition coefficient (Wildman–Crippen LogP) is 4.95. The molecule has 1 saturated heterocycles. The van der Waals surface area contributed by atoms with E-state index in [1.54, 1.807) is 6.07 Å². The van der Waals surface area contributed by atoms with E-state index in [-0.39, 0.29) is 29.0 Å². The highest BCUT2D eigenvalue weighted by molar-refractivity contribution is 7.87. The first-order valence-corrected chi connectivity index (χ1v) is 12.7. The molecule has 1 fully saturated rings. The molecule has 0 bridgehead atoms. The zero-order chi connectivity index (χ0) is 23.2. The Hall–Kier alpha value is -3.07. The minimum Gasteiger partial charge on any atom is -0.481 e. The number of hydrogen-bond donors (Lipinski definition) is 2. The number of nitrogens with one attached hydrogen (secondary N) is 2. The molecule has 1 aromatic heterocycles. The predicted molar refractivity (Wildman–Crippen MR) is 131 cm³/mol. The lowest BCUT2D eigenvalue weighted by Crippen LogP contribution is -2.29. The van der Waals surface area contributed by atoms with Crippen molar-refractivity contribution < 1.29 is 13.9 Å². The Morgan fingerprint density at radius 3 is 2.82 bits per heavy atom. The monoisotopic (exact) mass is 469 g/mol. The first-order chi connectivity index (χ1) is 16.0. The van der Waals surface area contributed by atoms with Gasteiger partial charge in [0.15, 0.2) is 6.61 Å². The van der Waals surface area contributed by atoms with E-state index >= 15 is 0 Å². The van der Waals surface area contributed by atoms with Crippen molar-refractivity contribution in [3.8, 4) is 5.75 Å². The number of aromatic nitrogens is 2. The van der Waals surface area contributed by atoms with Crippen molar-refractivity contribution in [3.63, 3.8) is 0 Å². The molecule has 4 rings (SSSR count). The average Bonchev–Trinajstić information content (AvgIpc) is 3.30. The molecule has 174 valence electrons. The van der Waals surface area contributed by atoms with Crippen LogP contribution in [0.3, 0.4) is 0 Å². The number of ether oxygens (including phenoxy) is 1. The molecule has 2 heterocycles. The molecule has 0 radical (unpaired) electrons. The quantitative estimate of drug-likeness (QED) is 0.487. The maximum absolute atomic E-state index is 13.9. The molecule has 33 heavy (non-hydrogen) atoms. The summed E-state index contributed by atoms with van der Waals surface area (Å²) in [4.78, 5) is 20.8. The van der Waals surface area contributed by atoms with E-state index in [0.29, 0.717) is 18.1 Å². The van der Waals surface area contributed by atoms with Crippen LogP contribution in [0.5, 0.6) is 5.75 Å². The standard InChI is InChI=1S/C24H28FN5O2S/c1-3-8-26-22(31)14-32-21-12-17(25)6-7-19(21)29-24-23-16(2)11-18(13-20(23)27-15-28-24)30-33-9-4-5-10-33/h6-7,11-13,15H,3-5,8-10,14H2,1-2H3,(H,26,31)(H,27,28,29). The minimum absolute atomic E-state index is 0.101. The van der Waals surface area contributed by atoms with Crippen LogP contribution in [-0.2, 0) is 15.5 Å². The number of carbonyl (C=O) groups is 1. The molecule has 1 aliphatic heterocycles. The van der Waals surface area contributed by atoms with Crippen molar-refractivity contribution in [2.24, 2.45) is 4.36 Å². The second-order valence-electron chi connectivity index (χ2n) is 7.95. The summed E-state index contributed by atoms with van der Waals surface area (Å²) in [5.41, 5.74) is 3.25. The minimum atomic E-state index is -0.452. The number of fused-ring (bicyclic) bond motifs is 1. The van der Waals surface area contributed by atoms with Crippen molar-refractivity contribution >= 4 is 44.7 Å². The fourth-order valence-corrected chi connectivity index (χ4v) is 5.57. The average molecular weight is 470 g/mol. The topological polar surface area (TPSA) is 88.5 Å². The van der Waals surface area contributed by atoms with E-state index in [1.807, 2.05) is 19.9 Å². The molecular formula is C24H28FN5O2S. The number of carbonyl (C=O) groups excluding carboxylic acids is 1. The number of anilines is 2. The molecule has 7 nitrogen and oxygen atoms in total. The zero-order valence-electron chi connectivity index (χ0n) is 18.9. The summed E-state index contributed by atoms with van der Waals surface area (Å²) in [5.74, 6) is 2.44. The first kappa shape index (κ1) is 23.1. The zero-order valence-corrected chi connectivity index (χ0v) is 19.7. The van der Waals surface area contributed by atoms with Crippen molar-refractivity contribution in [2.45, 2.75) is 33.1 Å². The lowest BCUT2D eigenvalue weighted by molar-refractivity contribution is -0.123. The largest absolute Gasteiger partial charge is 0.481 e. The number of benzene rings is 2. The highest BCUT2D eigenvalue weighted by Gasteiger charge is 2.14. The maximum atomic E-state index is 13.9. The van der Waals surface area contributed by atoms with Crippen LogP contribution in [0.2, 0.25) is 0 Å². The maximum Gasteiger partial charge on any atom is 0.257 e. The summed E-state index contributed by atoms with van der Waals surface area (Å²) in [6.45, 7) is 4.34. The van der Waals surface area contributed by atoms with Gasteiger partial charge in [-0.2, -0.15) is 0 Å². The molecule has 0 unspecified atom stereocenters. The summed E-state index contributed by atoms with van der Waals surface area (Å²) in [6.07, 6.45) is 4.82. The van der Waals surface area contributed by atoms with Crippen LogP contribution in [-0.4, -0.2) is 40.5 Å². The lowest BCUT2D eigenvalue weighted by atomic mass is 10.1. The number of aryl methyl sites for hydroxylation is 1. The summed E-state index contributed by atoms with van der Waals surface area (Å²) in [7, 11) is 0.101. The number of halogens is 1. The molecule has 0 saturated carbocycles. The van der Waals surface area contributed by atoms with E-state index in [0.717, 1.165) is 40.1 Å². The highest BCUT2D eigenvalue weighted by Crippen LogP contribution is 2.34. The van der Waals surface area contributed by atoms with E-state index < -0.39 is 5.82 Å². The summed E-state index contributed by atoms with van der Waals surface area (Å²) in [6, 6.07) is 8.21. The molecule has 0 aliphatic carbocycles. The smallest absolute Gasteiger partial charge is 0.257 e. The van der Waals surface area contributed by atoms with Gasteiger partial charge in [0.05, 0.1) is 16.9 Å². The first-order valence-electron chi connectivity index (χ1n) is 11.1. The number of nitrogens with zero attached hydrogens (tertiary/aromatic N) is 3. The third kappa shape index (κ3) is 5.84. The molecule has 0 atom stereocenters. The second-order valence-corrected chi connectivity index (χ2v) is 9.88. The van der Waals surface area contributed by atoms with Crippen LogP contribution in [0.15, 0.2) is 41.0 Å². The fraction of sp³-hybridized carbons (Fsp3) is 0.375. The van der Waals surface area contributed by atoms with E-state index in [4.69, 9.17) is 9.10 Å². The van der Waals surface area contributed by atoms with Gasteiger partial charge in [-0.3, -0.25) is 4.79 Å². The van der Waals surface area contributed by atoms with E-state index in [2.05, 4.69) is 26.7 Å². The van der Waals surface area contributed by atoms with Gasteiger partial charge in [-0.25, -0.2) is 18.7 Å². The van der Waals surface area contributed by atoms with Crippen LogP contribution in [0.25, 0.3) is 10.9 Å². The van der Waals surface area contributed by atoms with Gasteiger partial charge >= 0.3 is 0 Å². The highest BCUT2D eigenvalue weighted by atomic mass is 32.2.